The molecule has 0 saturated heterocycles. The molecule has 1 aromatic carbocycles. The predicted molar refractivity (Wildman–Crippen MR) is 111 cm³/mol. The SMILES string of the molecule is Nc1nc(F)c(-c2ccnc(OCC3CC3)c2)cc1-c1cc2c(cc1F)C(=O)NCC2. The molecule has 0 radical (unpaired) electrons. The van der Waals surface area contributed by atoms with Crippen molar-refractivity contribution in [3.05, 3.63) is 59.4 Å². The highest BCUT2D eigenvalue weighted by atomic mass is 19.1. The van der Waals surface area contributed by atoms with Crippen molar-refractivity contribution in [2.24, 2.45) is 5.92 Å². The number of hydrogen-bond acceptors (Lipinski definition) is 5. The number of carbonyl (C=O) groups is 1. The van der Waals surface area contributed by atoms with Crippen LogP contribution in [-0.2, 0) is 6.42 Å². The van der Waals surface area contributed by atoms with E-state index in [1.807, 2.05) is 0 Å². The zero-order chi connectivity index (χ0) is 21.5. The number of carbonyl (C=O) groups excluding carboxylic acids is 1. The molecule has 1 fully saturated rings. The van der Waals surface area contributed by atoms with Gasteiger partial charge in [-0.05, 0) is 60.6 Å². The summed E-state index contributed by atoms with van der Waals surface area (Å²) in [5.41, 5.74) is 8.08. The third-order valence-corrected chi connectivity index (χ3v) is 5.62. The van der Waals surface area contributed by atoms with Crippen LogP contribution in [0, 0.1) is 17.7 Å². The molecule has 0 bridgehead atoms. The van der Waals surface area contributed by atoms with Gasteiger partial charge in [-0.1, -0.05) is 0 Å². The first-order valence-electron chi connectivity index (χ1n) is 10.2. The van der Waals surface area contributed by atoms with E-state index in [0.29, 0.717) is 48.1 Å². The molecule has 6 nitrogen and oxygen atoms in total. The van der Waals surface area contributed by atoms with Gasteiger partial charge in [0.2, 0.25) is 11.8 Å². The lowest BCUT2D eigenvalue weighted by Gasteiger charge is -2.18. The van der Waals surface area contributed by atoms with E-state index in [-0.39, 0.29) is 28.4 Å². The maximum Gasteiger partial charge on any atom is 0.251 e. The third kappa shape index (κ3) is 3.81. The van der Waals surface area contributed by atoms with Crippen LogP contribution in [0.4, 0.5) is 14.6 Å². The molecule has 0 unspecified atom stereocenters. The second-order valence-corrected chi connectivity index (χ2v) is 7.89. The van der Waals surface area contributed by atoms with Crippen molar-refractivity contribution >= 4 is 11.7 Å². The quantitative estimate of drug-likeness (QED) is 0.612. The van der Waals surface area contributed by atoms with Gasteiger partial charge in [0.1, 0.15) is 11.6 Å². The summed E-state index contributed by atoms with van der Waals surface area (Å²) in [6.45, 7) is 1.05. The third-order valence-electron chi connectivity index (χ3n) is 5.62. The van der Waals surface area contributed by atoms with Gasteiger partial charge in [0.25, 0.3) is 5.91 Å². The number of nitrogens with two attached hydrogens (primary N) is 1. The van der Waals surface area contributed by atoms with Crippen molar-refractivity contribution in [2.75, 3.05) is 18.9 Å². The van der Waals surface area contributed by atoms with E-state index in [1.165, 1.54) is 18.3 Å². The van der Waals surface area contributed by atoms with Gasteiger partial charge >= 0.3 is 0 Å². The van der Waals surface area contributed by atoms with Crippen molar-refractivity contribution in [1.29, 1.82) is 0 Å². The average molecular weight is 422 g/mol. The molecule has 1 amide bonds. The zero-order valence-electron chi connectivity index (χ0n) is 16.6. The highest BCUT2D eigenvalue weighted by Crippen LogP contribution is 2.35. The number of aromatic nitrogens is 2. The van der Waals surface area contributed by atoms with Crippen LogP contribution in [0.3, 0.4) is 0 Å². The minimum Gasteiger partial charge on any atom is -0.477 e. The van der Waals surface area contributed by atoms with Gasteiger partial charge in [0, 0.05) is 41.1 Å². The fourth-order valence-corrected chi connectivity index (χ4v) is 3.71. The normalized spacial score (nSPS) is 15.4. The Morgan fingerprint density at radius 3 is 2.74 bits per heavy atom. The molecular formula is C23H20F2N4O2. The van der Waals surface area contributed by atoms with Crippen molar-refractivity contribution in [2.45, 2.75) is 19.3 Å². The van der Waals surface area contributed by atoms with Gasteiger partial charge in [0.15, 0.2) is 0 Å². The average Bonchev–Trinajstić information content (AvgIpc) is 3.58. The Hall–Kier alpha value is -3.55. The predicted octanol–water partition coefficient (Wildman–Crippen LogP) is 3.75. The Morgan fingerprint density at radius 2 is 1.94 bits per heavy atom. The molecule has 3 heterocycles. The minimum absolute atomic E-state index is 0.125. The van der Waals surface area contributed by atoms with Gasteiger partial charge in [-0.15, -0.1) is 0 Å². The Bertz CT molecular complexity index is 1190. The lowest BCUT2D eigenvalue weighted by Crippen LogP contribution is -2.32. The first-order valence-corrected chi connectivity index (χ1v) is 10.2. The first kappa shape index (κ1) is 19.4. The highest BCUT2D eigenvalue weighted by molar-refractivity contribution is 5.97. The summed E-state index contributed by atoms with van der Waals surface area (Å²) in [7, 11) is 0. The van der Waals surface area contributed by atoms with Gasteiger partial charge < -0.3 is 15.8 Å². The maximum absolute atomic E-state index is 14.9. The van der Waals surface area contributed by atoms with Gasteiger partial charge in [-0.2, -0.15) is 4.39 Å². The van der Waals surface area contributed by atoms with Crippen molar-refractivity contribution < 1.29 is 18.3 Å². The lowest BCUT2D eigenvalue weighted by molar-refractivity contribution is 0.0945. The van der Waals surface area contributed by atoms with E-state index in [1.54, 1.807) is 18.2 Å². The zero-order valence-corrected chi connectivity index (χ0v) is 16.6. The smallest absolute Gasteiger partial charge is 0.251 e. The molecule has 158 valence electrons. The number of hydrogen-bond donors (Lipinski definition) is 2. The van der Waals surface area contributed by atoms with Gasteiger partial charge in [0.05, 0.1) is 6.61 Å². The molecule has 31 heavy (non-hydrogen) atoms. The summed E-state index contributed by atoms with van der Waals surface area (Å²) in [5.74, 6) is -0.870. The minimum atomic E-state index is -0.765. The molecule has 1 saturated carbocycles. The van der Waals surface area contributed by atoms with E-state index >= 15 is 0 Å². The molecule has 1 aliphatic carbocycles. The van der Waals surface area contributed by atoms with Crippen molar-refractivity contribution in [3.63, 3.8) is 0 Å². The topological polar surface area (TPSA) is 90.1 Å². The Morgan fingerprint density at radius 1 is 1.10 bits per heavy atom. The Labute approximate surface area is 177 Å². The second kappa shape index (κ2) is 7.61. The molecule has 3 N–H and O–H groups in total. The fourth-order valence-electron chi connectivity index (χ4n) is 3.71. The maximum atomic E-state index is 14.9. The Kier molecular flexibility index (Phi) is 4.77. The van der Waals surface area contributed by atoms with Crippen LogP contribution in [0.15, 0.2) is 36.5 Å². The monoisotopic (exact) mass is 422 g/mol. The van der Waals surface area contributed by atoms with E-state index in [0.717, 1.165) is 12.8 Å². The number of nitrogens with zero attached hydrogens (tertiary/aromatic N) is 2. The van der Waals surface area contributed by atoms with Crippen LogP contribution >= 0.6 is 0 Å². The number of pyridine rings is 2. The number of anilines is 1. The largest absolute Gasteiger partial charge is 0.477 e. The molecule has 5 rings (SSSR count). The summed E-state index contributed by atoms with van der Waals surface area (Å²) >= 11 is 0. The van der Waals surface area contributed by atoms with Crippen molar-refractivity contribution in [1.82, 2.24) is 15.3 Å². The first-order chi connectivity index (χ1) is 15.0. The molecule has 2 aromatic heterocycles. The lowest BCUT2D eigenvalue weighted by atomic mass is 9.93. The number of benzene rings is 1. The number of halogens is 2. The Balaban J connectivity index is 1.55. The molecule has 0 atom stereocenters. The standard InChI is InChI=1S/C23H20F2N4O2/c24-19-10-16-13(4-6-28-23(16)30)7-17(19)18-9-15(21(25)29-22(18)26)14-3-5-27-20(8-14)31-11-12-1-2-12/h3,5,7-10,12H,1-2,4,6,11H2,(H2,26,29)(H,28,30). The van der Waals surface area contributed by atoms with E-state index in [9.17, 15) is 13.6 Å². The number of nitrogens with one attached hydrogen (secondary N) is 1. The van der Waals surface area contributed by atoms with Crippen LogP contribution < -0.4 is 15.8 Å². The van der Waals surface area contributed by atoms with Gasteiger partial charge in [-0.25, -0.2) is 14.4 Å². The molecule has 3 aromatic rings. The summed E-state index contributed by atoms with van der Waals surface area (Å²) < 4.78 is 35.3. The van der Waals surface area contributed by atoms with Crippen LogP contribution in [0.2, 0.25) is 0 Å². The van der Waals surface area contributed by atoms with Gasteiger partial charge in [-0.3, -0.25) is 4.79 Å². The molecular weight excluding hydrogens is 402 g/mol. The number of rotatable bonds is 5. The summed E-state index contributed by atoms with van der Waals surface area (Å²) in [4.78, 5) is 20.0. The van der Waals surface area contributed by atoms with Crippen LogP contribution in [0.1, 0.15) is 28.8 Å². The molecule has 2 aliphatic rings. The van der Waals surface area contributed by atoms with Crippen LogP contribution in [-0.4, -0.2) is 29.0 Å². The number of nitrogen functional groups attached to an aromatic ring is 1. The highest BCUT2D eigenvalue weighted by Gasteiger charge is 2.24. The van der Waals surface area contributed by atoms with E-state index < -0.39 is 11.8 Å². The van der Waals surface area contributed by atoms with E-state index in [2.05, 4.69) is 15.3 Å². The summed E-state index contributed by atoms with van der Waals surface area (Å²) in [6.07, 6.45) is 4.40. The number of fused-ring (bicyclic) bond motifs is 1. The number of amides is 1. The molecule has 1 aliphatic heterocycles. The van der Waals surface area contributed by atoms with Crippen molar-refractivity contribution in [3.8, 4) is 28.1 Å². The number of ether oxygens (including phenoxy) is 1. The molecule has 0 spiro atoms. The molecule has 8 heteroatoms. The van der Waals surface area contributed by atoms with Crippen LogP contribution in [0.5, 0.6) is 5.88 Å². The summed E-state index contributed by atoms with van der Waals surface area (Å²) in [6, 6.07) is 7.53. The van der Waals surface area contributed by atoms with Crippen LogP contribution in [0.25, 0.3) is 22.3 Å². The fraction of sp³-hybridized carbons (Fsp3) is 0.261. The summed E-state index contributed by atoms with van der Waals surface area (Å²) in [5, 5.41) is 2.69. The second-order valence-electron chi connectivity index (χ2n) is 7.89. The van der Waals surface area contributed by atoms with E-state index in [4.69, 9.17) is 10.5 Å².